The zero-order chi connectivity index (χ0) is 15.4. The lowest BCUT2D eigenvalue weighted by Crippen LogP contribution is -2.23. The molecule has 2 N–H and O–H groups in total. The Morgan fingerprint density at radius 3 is 2.43 bits per heavy atom. The maximum Gasteiger partial charge on any atom is 0.146 e. The number of thiocarbonyl (C=S) groups is 1. The minimum Gasteiger partial charge on any atom is -0.389 e. The average molecular weight is 306 g/mol. The van der Waals surface area contributed by atoms with E-state index >= 15 is 0 Å². The first-order valence-corrected chi connectivity index (χ1v) is 7.01. The minimum atomic E-state index is -0.393. The molecule has 0 fully saturated rings. The van der Waals surface area contributed by atoms with Crippen LogP contribution in [0.25, 0.3) is 0 Å². The van der Waals surface area contributed by atoms with Crippen LogP contribution in [0.4, 0.5) is 14.5 Å². The van der Waals surface area contributed by atoms with Crippen molar-refractivity contribution in [3.8, 4) is 0 Å². The number of halogens is 2. The van der Waals surface area contributed by atoms with Crippen molar-refractivity contribution in [3.05, 3.63) is 65.2 Å². The summed E-state index contributed by atoms with van der Waals surface area (Å²) >= 11 is 4.82. The topological polar surface area (TPSA) is 29.3 Å². The molecule has 0 amide bonds. The summed E-state index contributed by atoms with van der Waals surface area (Å²) in [6.07, 6.45) is 0. The largest absolute Gasteiger partial charge is 0.389 e. The van der Waals surface area contributed by atoms with Crippen molar-refractivity contribution in [1.82, 2.24) is 0 Å². The molecular formula is C16H16F2N2S. The molecule has 0 heterocycles. The number of nitrogens with zero attached hydrogens (tertiary/aromatic N) is 1. The molecule has 2 nitrogen and oxygen atoms in total. The maximum atomic E-state index is 14.1. The lowest BCUT2D eigenvalue weighted by atomic mass is 10.1. The second-order valence-electron chi connectivity index (χ2n) is 4.64. The third kappa shape index (κ3) is 3.55. The van der Waals surface area contributed by atoms with Gasteiger partial charge in [-0.3, -0.25) is 0 Å². The van der Waals surface area contributed by atoms with Crippen molar-refractivity contribution in [2.75, 3.05) is 11.4 Å². The highest BCUT2D eigenvalue weighted by molar-refractivity contribution is 7.80. The zero-order valence-corrected chi connectivity index (χ0v) is 12.5. The van der Waals surface area contributed by atoms with E-state index in [4.69, 9.17) is 18.0 Å². The summed E-state index contributed by atoms with van der Waals surface area (Å²) in [6, 6.07) is 11.1. The number of nitrogens with two attached hydrogens (primary N) is 1. The van der Waals surface area contributed by atoms with Gasteiger partial charge in [-0.2, -0.15) is 0 Å². The third-order valence-electron chi connectivity index (χ3n) is 3.27. The van der Waals surface area contributed by atoms with E-state index in [1.165, 1.54) is 12.1 Å². The molecule has 0 bridgehead atoms. The van der Waals surface area contributed by atoms with Crippen LogP contribution in [-0.4, -0.2) is 11.5 Å². The quantitative estimate of drug-likeness (QED) is 0.855. The molecule has 0 radical (unpaired) electrons. The molecule has 0 atom stereocenters. The lowest BCUT2D eigenvalue weighted by Gasteiger charge is -2.24. The van der Waals surface area contributed by atoms with Crippen molar-refractivity contribution in [2.24, 2.45) is 5.73 Å². The Morgan fingerprint density at radius 2 is 1.86 bits per heavy atom. The van der Waals surface area contributed by atoms with Gasteiger partial charge in [0.05, 0.1) is 5.69 Å². The SMILES string of the molecule is CCN(Cc1ccc(C(N)=S)cc1F)c1ccccc1F. The minimum absolute atomic E-state index is 0.155. The van der Waals surface area contributed by atoms with Gasteiger partial charge in [0.15, 0.2) is 0 Å². The molecule has 0 aliphatic carbocycles. The molecule has 5 heteroatoms. The van der Waals surface area contributed by atoms with E-state index in [1.807, 2.05) is 6.92 Å². The fourth-order valence-corrected chi connectivity index (χ4v) is 2.24. The second-order valence-corrected chi connectivity index (χ2v) is 5.08. The average Bonchev–Trinajstić information content (AvgIpc) is 2.47. The predicted octanol–water partition coefficient (Wildman–Crippen LogP) is 3.63. The second kappa shape index (κ2) is 6.63. The normalized spacial score (nSPS) is 10.4. The summed E-state index contributed by atoms with van der Waals surface area (Å²) in [5, 5.41) is 0. The molecule has 0 aromatic heterocycles. The zero-order valence-electron chi connectivity index (χ0n) is 11.6. The molecule has 2 aromatic carbocycles. The van der Waals surface area contributed by atoms with Gasteiger partial charge in [-0.15, -0.1) is 0 Å². The summed E-state index contributed by atoms with van der Waals surface area (Å²) in [7, 11) is 0. The van der Waals surface area contributed by atoms with E-state index in [0.717, 1.165) is 0 Å². The molecule has 0 aliphatic heterocycles. The Labute approximate surface area is 128 Å². The van der Waals surface area contributed by atoms with Crippen LogP contribution in [0.2, 0.25) is 0 Å². The van der Waals surface area contributed by atoms with Gasteiger partial charge in [0.2, 0.25) is 0 Å². The Morgan fingerprint density at radius 1 is 1.14 bits per heavy atom. The number of rotatable bonds is 5. The van der Waals surface area contributed by atoms with E-state index in [2.05, 4.69) is 0 Å². The first-order chi connectivity index (χ1) is 10.0. The van der Waals surface area contributed by atoms with Crippen molar-refractivity contribution in [2.45, 2.75) is 13.5 Å². The van der Waals surface area contributed by atoms with Crippen LogP contribution >= 0.6 is 12.2 Å². The first kappa shape index (κ1) is 15.4. The number of para-hydroxylation sites is 1. The summed E-state index contributed by atoms with van der Waals surface area (Å²) in [4.78, 5) is 1.93. The molecule has 21 heavy (non-hydrogen) atoms. The van der Waals surface area contributed by atoms with E-state index in [0.29, 0.717) is 23.4 Å². The fraction of sp³-hybridized carbons (Fsp3) is 0.188. The first-order valence-electron chi connectivity index (χ1n) is 6.60. The van der Waals surface area contributed by atoms with Gasteiger partial charge in [-0.1, -0.05) is 36.5 Å². The highest BCUT2D eigenvalue weighted by Gasteiger charge is 2.13. The number of hydrogen-bond donors (Lipinski definition) is 1. The predicted molar refractivity (Wildman–Crippen MR) is 85.4 cm³/mol. The van der Waals surface area contributed by atoms with Crippen LogP contribution in [0, 0.1) is 11.6 Å². The highest BCUT2D eigenvalue weighted by atomic mass is 32.1. The number of hydrogen-bond acceptors (Lipinski definition) is 2. The molecule has 0 spiro atoms. The Balaban J connectivity index is 2.27. The van der Waals surface area contributed by atoms with E-state index in [1.54, 1.807) is 35.2 Å². The van der Waals surface area contributed by atoms with Crippen LogP contribution in [0.1, 0.15) is 18.1 Å². The summed E-state index contributed by atoms with van der Waals surface area (Å²) in [5.41, 5.74) is 6.89. The standard InChI is InChI=1S/C16H16F2N2S/c1-2-20(15-6-4-3-5-13(15)17)10-12-8-7-11(16(19)21)9-14(12)18/h3-9H,2,10H2,1H3,(H2,19,21). The van der Waals surface area contributed by atoms with Gasteiger partial charge >= 0.3 is 0 Å². The van der Waals surface area contributed by atoms with Gasteiger partial charge in [0.1, 0.15) is 16.6 Å². The van der Waals surface area contributed by atoms with E-state index < -0.39 is 5.82 Å². The third-order valence-corrected chi connectivity index (χ3v) is 3.51. The van der Waals surface area contributed by atoms with E-state index in [-0.39, 0.29) is 17.4 Å². The molecule has 2 rings (SSSR count). The Bertz CT molecular complexity index is 658. The van der Waals surface area contributed by atoms with Gasteiger partial charge in [0, 0.05) is 24.2 Å². The van der Waals surface area contributed by atoms with Crippen LogP contribution in [0.5, 0.6) is 0 Å². The van der Waals surface area contributed by atoms with Crippen molar-refractivity contribution in [3.63, 3.8) is 0 Å². The maximum absolute atomic E-state index is 14.1. The molecule has 0 saturated heterocycles. The molecule has 0 saturated carbocycles. The lowest BCUT2D eigenvalue weighted by molar-refractivity contribution is 0.596. The summed E-state index contributed by atoms with van der Waals surface area (Å²) in [6.45, 7) is 2.74. The fourth-order valence-electron chi connectivity index (χ4n) is 2.11. The van der Waals surface area contributed by atoms with Gasteiger partial charge in [-0.05, 0) is 25.1 Å². The Kier molecular flexibility index (Phi) is 4.85. The monoisotopic (exact) mass is 306 g/mol. The van der Waals surface area contributed by atoms with Crippen LogP contribution in [-0.2, 0) is 6.54 Å². The summed E-state index contributed by atoms with van der Waals surface area (Å²) in [5.74, 6) is -0.713. The van der Waals surface area contributed by atoms with Gasteiger partial charge in [0.25, 0.3) is 0 Å². The molecular weight excluding hydrogens is 290 g/mol. The highest BCUT2D eigenvalue weighted by Crippen LogP contribution is 2.22. The summed E-state index contributed by atoms with van der Waals surface area (Å²) < 4.78 is 27.9. The molecule has 2 aromatic rings. The molecule has 110 valence electrons. The van der Waals surface area contributed by atoms with Crippen LogP contribution in [0.3, 0.4) is 0 Å². The number of benzene rings is 2. The molecule has 0 aliphatic rings. The van der Waals surface area contributed by atoms with Gasteiger partial charge < -0.3 is 10.6 Å². The van der Waals surface area contributed by atoms with Crippen molar-refractivity contribution < 1.29 is 8.78 Å². The molecule has 0 unspecified atom stereocenters. The number of anilines is 1. The van der Waals surface area contributed by atoms with Crippen LogP contribution in [0.15, 0.2) is 42.5 Å². The van der Waals surface area contributed by atoms with Crippen molar-refractivity contribution >= 4 is 22.9 Å². The van der Waals surface area contributed by atoms with E-state index in [9.17, 15) is 8.78 Å². The van der Waals surface area contributed by atoms with Crippen molar-refractivity contribution in [1.29, 1.82) is 0 Å². The van der Waals surface area contributed by atoms with Gasteiger partial charge in [-0.25, -0.2) is 8.78 Å². The van der Waals surface area contributed by atoms with Crippen LogP contribution < -0.4 is 10.6 Å². The smallest absolute Gasteiger partial charge is 0.146 e. The Hall–Kier alpha value is -2.01.